The lowest BCUT2D eigenvalue weighted by Gasteiger charge is -2.20. The lowest BCUT2D eigenvalue weighted by Crippen LogP contribution is -2.32. The fourth-order valence-corrected chi connectivity index (χ4v) is 4.24. The van der Waals surface area contributed by atoms with Crippen LogP contribution < -0.4 is 5.32 Å². The monoisotopic (exact) mass is 324 g/mol. The van der Waals surface area contributed by atoms with E-state index in [4.69, 9.17) is 0 Å². The Bertz CT molecular complexity index is 633. The summed E-state index contributed by atoms with van der Waals surface area (Å²) in [4.78, 5) is 12.3. The zero-order valence-electron chi connectivity index (χ0n) is 13.3. The fraction of sp³-hybridized carbons (Fsp3) is 0.562. The molecule has 0 aliphatic carbocycles. The van der Waals surface area contributed by atoms with Gasteiger partial charge in [-0.25, -0.2) is 8.42 Å². The minimum atomic E-state index is -3.52. The smallest absolute Gasteiger partial charge is 0.251 e. The van der Waals surface area contributed by atoms with Gasteiger partial charge in [0.25, 0.3) is 5.91 Å². The molecule has 1 saturated heterocycles. The molecule has 5 nitrogen and oxygen atoms in total. The molecule has 1 heterocycles. The molecule has 122 valence electrons. The quantitative estimate of drug-likeness (QED) is 0.924. The van der Waals surface area contributed by atoms with Gasteiger partial charge in [0.1, 0.15) is 0 Å². The van der Waals surface area contributed by atoms with E-state index >= 15 is 0 Å². The number of carbonyl (C=O) groups excluding carboxylic acids is 1. The molecule has 6 heteroatoms. The number of nitrogens with one attached hydrogen (secondary N) is 1. The number of rotatable bonds is 4. The second-order valence-corrected chi connectivity index (χ2v) is 7.59. The van der Waals surface area contributed by atoms with Crippen LogP contribution in [0.15, 0.2) is 23.1 Å². The van der Waals surface area contributed by atoms with Crippen LogP contribution in [0, 0.1) is 6.92 Å². The van der Waals surface area contributed by atoms with Crippen LogP contribution in [-0.2, 0) is 10.0 Å². The summed E-state index contributed by atoms with van der Waals surface area (Å²) in [5.41, 5.74) is 1.21. The summed E-state index contributed by atoms with van der Waals surface area (Å²) in [7, 11) is -3.52. The van der Waals surface area contributed by atoms with Crippen LogP contribution in [0.2, 0.25) is 0 Å². The van der Waals surface area contributed by atoms with Gasteiger partial charge in [0.2, 0.25) is 10.0 Å². The van der Waals surface area contributed by atoms with Crippen molar-refractivity contribution in [2.75, 3.05) is 19.6 Å². The molecule has 0 aromatic heterocycles. The van der Waals surface area contributed by atoms with E-state index in [1.54, 1.807) is 16.4 Å². The third-order valence-corrected chi connectivity index (χ3v) is 5.89. The summed E-state index contributed by atoms with van der Waals surface area (Å²) in [6.45, 7) is 5.29. The number of benzene rings is 1. The van der Waals surface area contributed by atoms with Gasteiger partial charge in [-0.2, -0.15) is 4.31 Å². The van der Waals surface area contributed by atoms with Gasteiger partial charge >= 0.3 is 0 Å². The van der Waals surface area contributed by atoms with Crippen LogP contribution in [-0.4, -0.2) is 38.3 Å². The molecule has 0 bridgehead atoms. The lowest BCUT2D eigenvalue weighted by molar-refractivity contribution is 0.0955. The average molecular weight is 324 g/mol. The Morgan fingerprint density at radius 2 is 1.82 bits per heavy atom. The van der Waals surface area contributed by atoms with Crippen LogP contribution in [0.25, 0.3) is 0 Å². The van der Waals surface area contributed by atoms with Gasteiger partial charge in [0.15, 0.2) is 0 Å². The number of amides is 1. The molecule has 0 saturated carbocycles. The van der Waals surface area contributed by atoms with Gasteiger partial charge in [-0.15, -0.1) is 0 Å². The second kappa shape index (κ2) is 7.24. The molecule has 22 heavy (non-hydrogen) atoms. The van der Waals surface area contributed by atoms with Gasteiger partial charge in [0.05, 0.1) is 4.90 Å². The van der Waals surface area contributed by atoms with Crippen molar-refractivity contribution in [3.63, 3.8) is 0 Å². The minimum absolute atomic E-state index is 0.209. The maximum absolute atomic E-state index is 12.8. The Morgan fingerprint density at radius 1 is 1.18 bits per heavy atom. The highest BCUT2D eigenvalue weighted by molar-refractivity contribution is 7.89. The molecule has 1 aromatic rings. The van der Waals surface area contributed by atoms with Gasteiger partial charge in [-0.05, 0) is 44.4 Å². The normalized spacial score (nSPS) is 17.0. The molecule has 0 atom stereocenters. The molecular formula is C16H24N2O3S. The molecular weight excluding hydrogens is 300 g/mol. The van der Waals surface area contributed by atoms with Crippen molar-refractivity contribution in [1.82, 2.24) is 9.62 Å². The van der Waals surface area contributed by atoms with Crippen molar-refractivity contribution in [1.29, 1.82) is 0 Å². The van der Waals surface area contributed by atoms with E-state index in [1.165, 1.54) is 6.07 Å². The standard InChI is InChI=1S/C16H24N2O3S/c1-3-17-16(19)15-12-14(9-8-13(15)2)22(20,21)18-10-6-4-5-7-11-18/h8-9,12H,3-7,10-11H2,1-2H3,(H,17,19). The number of carbonyl (C=O) groups is 1. The van der Waals surface area contributed by atoms with Crippen LogP contribution in [0.3, 0.4) is 0 Å². The third-order valence-electron chi connectivity index (χ3n) is 3.99. The maximum atomic E-state index is 12.8. The Labute approximate surface area is 132 Å². The van der Waals surface area contributed by atoms with E-state index < -0.39 is 10.0 Å². The zero-order chi connectivity index (χ0) is 16.2. The Balaban J connectivity index is 2.34. The van der Waals surface area contributed by atoms with E-state index in [0.717, 1.165) is 31.2 Å². The lowest BCUT2D eigenvalue weighted by atomic mass is 10.1. The summed E-state index contributed by atoms with van der Waals surface area (Å²) in [6.07, 6.45) is 3.94. The first-order valence-corrected chi connectivity index (χ1v) is 9.30. The van der Waals surface area contributed by atoms with Gasteiger partial charge in [0, 0.05) is 25.2 Å². The minimum Gasteiger partial charge on any atom is -0.352 e. The van der Waals surface area contributed by atoms with Crippen molar-refractivity contribution < 1.29 is 13.2 Å². The van der Waals surface area contributed by atoms with Gasteiger partial charge in [-0.1, -0.05) is 18.9 Å². The Hall–Kier alpha value is -1.40. The largest absolute Gasteiger partial charge is 0.352 e. The summed E-state index contributed by atoms with van der Waals surface area (Å²) >= 11 is 0. The molecule has 0 radical (unpaired) electrons. The number of nitrogens with zero attached hydrogens (tertiary/aromatic N) is 1. The highest BCUT2D eigenvalue weighted by Crippen LogP contribution is 2.22. The van der Waals surface area contributed by atoms with Gasteiger partial charge in [-0.3, -0.25) is 4.79 Å². The number of hydrogen-bond acceptors (Lipinski definition) is 3. The molecule has 1 aliphatic heterocycles. The first kappa shape index (κ1) is 17.0. The average Bonchev–Trinajstić information content (AvgIpc) is 2.77. The van der Waals surface area contributed by atoms with E-state index in [1.807, 2.05) is 13.8 Å². The summed E-state index contributed by atoms with van der Waals surface area (Å²) in [5.74, 6) is -0.229. The molecule has 1 aromatic carbocycles. The number of aryl methyl sites for hydroxylation is 1. The predicted molar refractivity (Wildman–Crippen MR) is 86.4 cm³/mol. The van der Waals surface area contributed by atoms with Crippen molar-refractivity contribution in [3.8, 4) is 0 Å². The van der Waals surface area contributed by atoms with Crippen molar-refractivity contribution in [2.45, 2.75) is 44.4 Å². The molecule has 0 spiro atoms. The Kier molecular flexibility index (Phi) is 5.58. The van der Waals surface area contributed by atoms with Crippen molar-refractivity contribution >= 4 is 15.9 Å². The predicted octanol–water partition coefficient (Wildman–Crippen LogP) is 2.31. The highest BCUT2D eigenvalue weighted by atomic mass is 32.2. The molecule has 0 unspecified atom stereocenters. The molecule has 1 fully saturated rings. The summed E-state index contributed by atoms with van der Waals surface area (Å²) in [5, 5.41) is 2.72. The number of hydrogen-bond donors (Lipinski definition) is 1. The molecule has 1 amide bonds. The first-order chi connectivity index (χ1) is 10.5. The maximum Gasteiger partial charge on any atom is 0.251 e. The van der Waals surface area contributed by atoms with E-state index in [-0.39, 0.29) is 10.8 Å². The van der Waals surface area contributed by atoms with Crippen molar-refractivity contribution in [3.05, 3.63) is 29.3 Å². The van der Waals surface area contributed by atoms with Crippen molar-refractivity contribution in [2.24, 2.45) is 0 Å². The van der Waals surface area contributed by atoms with Crippen LogP contribution in [0.4, 0.5) is 0 Å². The third kappa shape index (κ3) is 3.67. The summed E-state index contributed by atoms with van der Waals surface area (Å²) in [6, 6.07) is 4.80. The zero-order valence-corrected chi connectivity index (χ0v) is 14.1. The molecule has 2 rings (SSSR count). The first-order valence-electron chi connectivity index (χ1n) is 7.86. The van der Waals surface area contributed by atoms with E-state index in [2.05, 4.69) is 5.32 Å². The topological polar surface area (TPSA) is 66.5 Å². The SMILES string of the molecule is CCNC(=O)c1cc(S(=O)(=O)N2CCCCCC2)ccc1C. The van der Waals surface area contributed by atoms with Gasteiger partial charge < -0.3 is 5.32 Å². The Morgan fingerprint density at radius 3 is 2.41 bits per heavy atom. The number of sulfonamides is 1. The molecule has 1 N–H and O–H groups in total. The second-order valence-electron chi connectivity index (χ2n) is 5.65. The van der Waals surface area contributed by atoms with E-state index in [9.17, 15) is 13.2 Å². The molecule has 1 aliphatic rings. The summed E-state index contributed by atoms with van der Waals surface area (Å²) < 4.78 is 27.1. The van der Waals surface area contributed by atoms with E-state index in [0.29, 0.717) is 25.2 Å². The highest BCUT2D eigenvalue weighted by Gasteiger charge is 2.26. The fourth-order valence-electron chi connectivity index (χ4n) is 2.69. The van der Waals surface area contributed by atoms with Crippen LogP contribution in [0.5, 0.6) is 0 Å². The van der Waals surface area contributed by atoms with Crippen LogP contribution >= 0.6 is 0 Å². The van der Waals surface area contributed by atoms with Crippen LogP contribution in [0.1, 0.15) is 48.5 Å².